The Hall–Kier alpha value is -0.190. The second kappa shape index (κ2) is 5.05. The summed E-state index contributed by atoms with van der Waals surface area (Å²) in [5.41, 5.74) is 0. The first-order chi connectivity index (χ1) is 6.84. The molecule has 0 N–H and O–H groups in total. The van der Waals surface area contributed by atoms with E-state index in [1.54, 1.807) is 0 Å². The third-order valence-electron chi connectivity index (χ3n) is 2.85. The molecule has 2 fully saturated rings. The Kier molecular flexibility index (Phi) is 3.73. The van der Waals surface area contributed by atoms with E-state index >= 15 is 0 Å². The number of hydrogen-bond acceptors (Lipinski definition) is 3. The van der Waals surface area contributed by atoms with Gasteiger partial charge in [-0.05, 0) is 25.7 Å². The first-order valence-corrected chi connectivity index (χ1v) is 5.48. The summed E-state index contributed by atoms with van der Waals surface area (Å²) >= 11 is 0. The first-order valence-electron chi connectivity index (χ1n) is 5.48. The molecule has 3 nitrogen and oxygen atoms in total. The van der Waals surface area contributed by atoms with E-state index in [0.29, 0.717) is 13.1 Å². The Morgan fingerprint density at radius 2 is 1.50 bits per heavy atom. The largest absolute Gasteiger partial charge is 0.377 e. The van der Waals surface area contributed by atoms with Crippen LogP contribution < -0.4 is 0 Å². The Bertz CT molecular complexity index is 150. The van der Waals surface area contributed by atoms with Crippen molar-refractivity contribution in [2.24, 2.45) is 0 Å². The highest BCUT2D eigenvalue weighted by Gasteiger charge is 2.23. The van der Waals surface area contributed by atoms with Crippen molar-refractivity contribution in [3.8, 4) is 0 Å². The highest BCUT2D eigenvalue weighted by Crippen LogP contribution is 2.17. The average Bonchev–Trinajstić information content (AvgIpc) is 2.76. The van der Waals surface area contributed by atoms with Crippen molar-refractivity contribution in [1.82, 2.24) is 5.12 Å². The highest BCUT2D eigenvalue weighted by atomic mass is 19.2. The second-order valence-electron chi connectivity index (χ2n) is 4.10. The summed E-state index contributed by atoms with van der Waals surface area (Å²) in [7, 11) is 0. The maximum absolute atomic E-state index is 13.4. The van der Waals surface area contributed by atoms with Crippen LogP contribution in [-0.4, -0.2) is 43.6 Å². The third kappa shape index (κ3) is 2.90. The van der Waals surface area contributed by atoms with Crippen LogP contribution in [0.2, 0.25) is 0 Å². The number of nitrogens with zero attached hydrogens (tertiary/aromatic N) is 1. The summed E-state index contributed by atoms with van der Waals surface area (Å²) in [5, 5.41) is 0.853. The lowest BCUT2D eigenvalue weighted by Crippen LogP contribution is -2.31. The monoisotopic (exact) mass is 203 g/mol. The molecule has 0 amide bonds. The van der Waals surface area contributed by atoms with Gasteiger partial charge in [-0.25, -0.2) is 0 Å². The zero-order valence-corrected chi connectivity index (χ0v) is 8.45. The topological polar surface area (TPSA) is 21.7 Å². The number of ether oxygens (including phenoxy) is 2. The third-order valence-corrected chi connectivity index (χ3v) is 2.85. The molecule has 0 aromatic carbocycles. The van der Waals surface area contributed by atoms with Crippen LogP contribution in [0.25, 0.3) is 0 Å². The summed E-state index contributed by atoms with van der Waals surface area (Å²) in [6.07, 6.45) is 4.32. The molecular weight excluding hydrogens is 185 g/mol. The van der Waals surface area contributed by atoms with E-state index in [-0.39, 0.29) is 12.2 Å². The second-order valence-corrected chi connectivity index (χ2v) is 4.10. The fourth-order valence-corrected chi connectivity index (χ4v) is 2.09. The van der Waals surface area contributed by atoms with Crippen molar-refractivity contribution in [3.05, 3.63) is 0 Å². The quantitative estimate of drug-likeness (QED) is 0.647. The van der Waals surface area contributed by atoms with Gasteiger partial charge in [0.2, 0.25) is 0 Å². The maximum atomic E-state index is 13.4. The molecule has 14 heavy (non-hydrogen) atoms. The molecule has 2 atom stereocenters. The number of hydrogen-bond donors (Lipinski definition) is 0. The van der Waals surface area contributed by atoms with Crippen LogP contribution in [0.3, 0.4) is 0 Å². The fourth-order valence-electron chi connectivity index (χ4n) is 2.09. The van der Waals surface area contributed by atoms with Crippen molar-refractivity contribution in [2.75, 3.05) is 26.3 Å². The van der Waals surface area contributed by atoms with Gasteiger partial charge in [-0.2, -0.15) is 0 Å². The summed E-state index contributed by atoms with van der Waals surface area (Å²) in [4.78, 5) is 0. The Balaban J connectivity index is 1.64. The van der Waals surface area contributed by atoms with Gasteiger partial charge in [-0.15, -0.1) is 9.60 Å². The molecule has 0 saturated carbocycles. The van der Waals surface area contributed by atoms with E-state index in [2.05, 4.69) is 0 Å². The van der Waals surface area contributed by atoms with Gasteiger partial charge in [0.1, 0.15) is 0 Å². The minimum atomic E-state index is 0.0985. The Labute approximate surface area is 84.1 Å². The summed E-state index contributed by atoms with van der Waals surface area (Å²) in [6, 6.07) is 0. The predicted octanol–water partition coefficient (Wildman–Crippen LogP) is 1.53. The molecule has 82 valence electrons. The molecule has 0 spiro atoms. The van der Waals surface area contributed by atoms with Crippen molar-refractivity contribution >= 4 is 0 Å². The van der Waals surface area contributed by atoms with Crippen molar-refractivity contribution in [1.29, 1.82) is 0 Å². The zero-order valence-electron chi connectivity index (χ0n) is 8.45. The highest BCUT2D eigenvalue weighted by molar-refractivity contribution is 4.71. The SMILES string of the molecule is FN(CC1CCCO1)CC1CCCO1. The molecule has 0 bridgehead atoms. The maximum Gasteiger partial charge on any atom is 0.0729 e. The van der Waals surface area contributed by atoms with Crippen LogP contribution in [-0.2, 0) is 9.47 Å². The summed E-state index contributed by atoms with van der Waals surface area (Å²) in [5.74, 6) is 0. The molecule has 0 aromatic heterocycles. The van der Waals surface area contributed by atoms with Crippen LogP contribution in [0.15, 0.2) is 0 Å². The lowest BCUT2D eigenvalue weighted by molar-refractivity contribution is -0.0570. The summed E-state index contributed by atoms with van der Waals surface area (Å²) < 4.78 is 24.1. The lowest BCUT2D eigenvalue weighted by atomic mass is 10.2. The predicted molar refractivity (Wildman–Crippen MR) is 50.6 cm³/mol. The first kappa shape index (κ1) is 10.3. The van der Waals surface area contributed by atoms with E-state index in [1.165, 1.54) is 0 Å². The van der Waals surface area contributed by atoms with E-state index in [4.69, 9.17) is 9.47 Å². The molecule has 2 saturated heterocycles. The van der Waals surface area contributed by atoms with Crippen LogP contribution in [0, 0.1) is 0 Å². The van der Waals surface area contributed by atoms with Crippen LogP contribution >= 0.6 is 0 Å². The molecule has 0 aliphatic carbocycles. The van der Waals surface area contributed by atoms with Crippen molar-refractivity contribution in [3.63, 3.8) is 0 Å². The molecule has 2 unspecified atom stereocenters. The molecule has 2 aliphatic rings. The van der Waals surface area contributed by atoms with E-state index < -0.39 is 0 Å². The molecule has 0 radical (unpaired) electrons. The Morgan fingerprint density at radius 3 is 1.86 bits per heavy atom. The van der Waals surface area contributed by atoms with Gasteiger partial charge in [0.05, 0.1) is 25.3 Å². The van der Waals surface area contributed by atoms with Gasteiger partial charge >= 0.3 is 0 Å². The molecule has 2 heterocycles. The molecule has 2 aliphatic heterocycles. The van der Waals surface area contributed by atoms with E-state index in [1.807, 2.05) is 0 Å². The van der Waals surface area contributed by atoms with Gasteiger partial charge in [-0.3, -0.25) is 0 Å². The van der Waals surface area contributed by atoms with E-state index in [0.717, 1.165) is 44.0 Å². The van der Waals surface area contributed by atoms with Gasteiger partial charge in [0, 0.05) is 13.2 Å². The van der Waals surface area contributed by atoms with Crippen molar-refractivity contribution in [2.45, 2.75) is 37.9 Å². The Morgan fingerprint density at radius 1 is 1.00 bits per heavy atom. The molecule has 4 heteroatoms. The lowest BCUT2D eigenvalue weighted by Gasteiger charge is -2.18. The van der Waals surface area contributed by atoms with Crippen LogP contribution in [0.4, 0.5) is 4.48 Å². The molecule has 2 rings (SSSR count). The molecular formula is C10H18FNO2. The van der Waals surface area contributed by atoms with Crippen LogP contribution in [0.5, 0.6) is 0 Å². The number of rotatable bonds is 4. The molecule has 0 aromatic rings. The average molecular weight is 203 g/mol. The number of halogens is 1. The van der Waals surface area contributed by atoms with Gasteiger partial charge < -0.3 is 9.47 Å². The van der Waals surface area contributed by atoms with Gasteiger partial charge in [0.25, 0.3) is 0 Å². The van der Waals surface area contributed by atoms with E-state index in [9.17, 15) is 4.48 Å². The van der Waals surface area contributed by atoms with Crippen LogP contribution in [0.1, 0.15) is 25.7 Å². The fraction of sp³-hybridized carbons (Fsp3) is 1.00. The zero-order chi connectivity index (χ0) is 9.80. The van der Waals surface area contributed by atoms with Gasteiger partial charge in [0.15, 0.2) is 0 Å². The normalized spacial score (nSPS) is 33.0. The summed E-state index contributed by atoms with van der Waals surface area (Å²) in [6.45, 7) is 2.39. The standard InChI is InChI=1S/C10H18FNO2/c11-12(7-9-3-1-5-13-9)8-10-4-2-6-14-10/h9-10H,1-8H2. The smallest absolute Gasteiger partial charge is 0.0729 e. The van der Waals surface area contributed by atoms with Crippen molar-refractivity contribution < 1.29 is 14.0 Å². The minimum Gasteiger partial charge on any atom is -0.377 e. The minimum absolute atomic E-state index is 0.0985. The van der Waals surface area contributed by atoms with Gasteiger partial charge in [-0.1, -0.05) is 0 Å².